The van der Waals surface area contributed by atoms with Crippen molar-refractivity contribution in [1.29, 1.82) is 0 Å². The highest BCUT2D eigenvalue weighted by Gasteiger charge is 2.35. The van der Waals surface area contributed by atoms with E-state index in [-0.39, 0.29) is 17.9 Å². The summed E-state index contributed by atoms with van der Waals surface area (Å²) in [6.07, 6.45) is 3.23. The summed E-state index contributed by atoms with van der Waals surface area (Å²) in [7, 11) is 0. The van der Waals surface area contributed by atoms with Gasteiger partial charge in [0.05, 0.1) is 6.61 Å². The second-order valence-corrected chi connectivity index (χ2v) is 5.28. The van der Waals surface area contributed by atoms with E-state index in [9.17, 15) is 10.2 Å². The van der Waals surface area contributed by atoms with E-state index in [0.717, 1.165) is 22.9 Å². The summed E-state index contributed by atoms with van der Waals surface area (Å²) in [6.45, 7) is 0.846. The van der Waals surface area contributed by atoms with Crippen molar-refractivity contribution in [1.82, 2.24) is 5.32 Å². The van der Waals surface area contributed by atoms with E-state index in [1.54, 1.807) is 12.1 Å². The number of aromatic hydroxyl groups is 1. The summed E-state index contributed by atoms with van der Waals surface area (Å²) in [4.78, 5) is 0. The third-order valence-electron chi connectivity index (χ3n) is 3.30. The maximum atomic E-state index is 9.40. The Kier molecular flexibility index (Phi) is 3.52. The third-order valence-corrected chi connectivity index (χ3v) is 4.07. The lowest BCUT2D eigenvalue weighted by molar-refractivity contribution is 0.0871. The Bertz CT molecular complexity index is 372. The average molecular weight is 286 g/mol. The fourth-order valence-corrected chi connectivity index (χ4v) is 2.36. The monoisotopic (exact) mass is 285 g/mol. The number of phenolic OH excluding ortho intramolecular Hbond substituents is 1. The van der Waals surface area contributed by atoms with E-state index in [1.165, 1.54) is 6.42 Å². The smallest absolute Gasteiger partial charge is 0.115 e. The number of hydrogen-bond donors (Lipinski definition) is 3. The van der Waals surface area contributed by atoms with E-state index < -0.39 is 0 Å². The Morgan fingerprint density at radius 2 is 2.12 bits per heavy atom. The van der Waals surface area contributed by atoms with Crippen LogP contribution in [0.25, 0.3) is 0 Å². The molecule has 4 heteroatoms. The second kappa shape index (κ2) is 4.73. The lowest BCUT2D eigenvalue weighted by Crippen LogP contribution is -2.53. The van der Waals surface area contributed by atoms with Gasteiger partial charge in [0.1, 0.15) is 5.75 Å². The van der Waals surface area contributed by atoms with Crippen molar-refractivity contribution in [3.05, 3.63) is 28.2 Å². The van der Waals surface area contributed by atoms with Crippen LogP contribution < -0.4 is 5.32 Å². The largest absolute Gasteiger partial charge is 0.508 e. The fourth-order valence-electron chi connectivity index (χ4n) is 1.97. The van der Waals surface area contributed by atoms with Crippen LogP contribution in [-0.2, 0) is 6.54 Å². The van der Waals surface area contributed by atoms with Crippen molar-refractivity contribution >= 4 is 15.9 Å². The Morgan fingerprint density at radius 3 is 2.69 bits per heavy atom. The van der Waals surface area contributed by atoms with E-state index in [1.807, 2.05) is 6.07 Å². The van der Waals surface area contributed by atoms with E-state index in [2.05, 4.69) is 21.2 Å². The summed E-state index contributed by atoms with van der Waals surface area (Å²) >= 11 is 3.45. The zero-order valence-electron chi connectivity index (χ0n) is 9.04. The molecule has 1 aliphatic carbocycles. The normalized spacial score (nSPS) is 18.1. The van der Waals surface area contributed by atoms with Crippen LogP contribution in [0.2, 0.25) is 0 Å². The summed E-state index contributed by atoms with van der Waals surface area (Å²) in [5.41, 5.74) is 0.921. The number of hydrogen-bond acceptors (Lipinski definition) is 3. The minimum Gasteiger partial charge on any atom is -0.508 e. The topological polar surface area (TPSA) is 52.5 Å². The van der Waals surface area contributed by atoms with Gasteiger partial charge in [0, 0.05) is 16.6 Å². The van der Waals surface area contributed by atoms with Crippen molar-refractivity contribution in [3.8, 4) is 5.75 Å². The van der Waals surface area contributed by atoms with Gasteiger partial charge in [0.15, 0.2) is 0 Å². The van der Waals surface area contributed by atoms with E-state index in [0.29, 0.717) is 6.54 Å². The molecule has 0 radical (unpaired) electrons. The van der Waals surface area contributed by atoms with Gasteiger partial charge in [0.25, 0.3) is 0 Å². The minimum atomic E-state index is -0.0924. The molecule has 1 aliphatic rings. The molecule has 88 valence electrons. The van der Waals surface area contributed by atoms with Crippen molar-refractivity contribution in [2.75, 3.05) is 6.61 Å². The molecular weight excluding hydrogens is 270 g/mol. The van der Waals surface area contributed by atoms with Crippen LogP contribution in [-0.4, -0.2) is 22.4 Å². The van der Waals surface area contributed by atoms with Crippen molar-refractivity contribution < 1.29 is 10.2 Å². The van der Waals surface area contributed by atoms with Crippen LogP contribution in [0.3, 0.4) is 0 Å². The molecule has 0 aromatic heterocycles. The first-order valence-electron chi connectivity index (χ1n) is 5.48. The van der Waals surface area contributed by atoms with E-state index in [4.69, 9.17) is 0 Å². The number of benzene rings is 1. The molecule has 3 nitrogen and oxygen atoms in total. The molecule has 0 spiro atoms. The molecule has 0 amide bonds. The van der Waals surface area contributed by atoms with Crippen molar-refractivity contribution in [2.45, 2.75) is 31.3 Å². The molecule has 16 heavy (non-hydrogen) atoms. The number of phenols is 1. The quantitative estimate of drug-likeness (QED) is 0.795. The number of halogens is 1. The molecule has 1 aromatic rings. The van der Waals surface area contributed by atoms with Crippen LogP contribution in [0.15, 0.2) is 22.7 Å². The molecule has 0 heterocycles. The predicted octanol–water partition coefficient (Wildman–Crippen LogP) is 2.16. The Labute approximate surface area is 104 Å². The molecule has 3 N–H and O–H groups in total. The molecule has 2 rings (SSSR count). The summed E-state index contributed by atoms with van der Waals surface area (Å²) in [5, 5.41) is 22.1. The standard InChI is InChI=1S/C12H16BrNO2/c13-11-3-2-10(16)6-9(11)7-14-12(8-15)4-1-5-12/h2-3,6,14-16H,1,4-5,7-8H2. The third kappa shape index (κ3) is 2.39. The van der Waals surface area contributed by atoms with E-state index >= 15 is 0 Å². The summed E-state index contributed by atoms with van der Waals surface area (Å²) < 4.78 is 0.977. The van der Waals surface area contributed by atoms with Crippen LogP contribution in [0.5, 0.6) is 5.75 Å². The average Bonchev–Trinajstić information content (AvgIpc) is 2.22. The van der Waals surface area contributed by atoms with Crippen LogP contribution in [0.4, 0.5) is 0 Å². The molecule has 0 bridgehead atoms. The van der Waals surface area contributed by atoms with Gasteiger partial charge in [-0.2, -0.15) is 0 Å². The van der Waals surface area contributed by atoms with Crippen LogP contribution >= 0.6 is 15.9 Å². The molecule has 0 unspecified atom stereocenters. The molecule has 0 saturated heterocycles. The first kappa shape index (κ1) is 11.9. The zero-order chi connectivity index (χ0) is 11.6. The van der Waals surface area contributed by atoms with Gasteiger partial charge in [-0.25, -0.2) is 0 Å². The van der Waals surface area contributed by atoms with Gasteiger partial charge in [-0.1, -0.05) is 15.9 Å². The fraction of sp³-hybridized carbons (Fsp3) is 0.500. The number of rotatable bonds is 4. The number of aliphatic hydroxyl groups is 1. The molecule has 1 saturated carbocycles. The van der Waals surface area contributed by atoms with Crippen LogP contribution in [0, 0.1) is 0 Å². The number of aliphatic hydroxyl groups excluding tert-OH is 1. The highest BCUT2D eigenvalue weighted by molar-refractivity contribution is 9.10. The summed E-state index contributed by atoms with van der Waals surface area (Å²) in [6, 6.07) is 5.22. The van der Waals surface area contributed by atoms with Crippen molar-refractivity contribution in [3.63, 3.8) is 0 Å². The van der Waals surface area contributed by atoms with Gasteiger partial charge in [-0.3, -0.25) is 0 Å². The second-order valence-electron chi connectivity index (χ2n) is 4.42. The Balaban J connectivity index is 2.01. The van der Waals surface area contributed by atoms with Gasteiger partial charge in [-0.15, -0.1) is 0 Å². The van der Waals surface area contributed by atoms with Gasteiger partial charge in [0.2, 0.25) is 0 Å². The van der Waals surface area contributed by atoms with Crippen molar-refractivity contribution in [2.24, 2.45) is 0 Å². The lowest BCUT2D eigenvalue weighted by Gasteiger charge is -2.41. The highest BCUT2D eigenvalue weighted by Crippen LogP contribution is 2.32. The predicted molar refractivity (Wildman–Crippen MR) is 66.3 cm³/mol. The maximum absolute atomic E-state index is 9.40. The molecule has 1 aromatic carbocycles. The minimum absolute atomic E-state index is 0.0924. The molecule has 1 fully saturated rings. The highest BCUT2D eigenvalue weighted by atomic mass is 79.9. The van der Waals surface area contributed by atoms with Gasteiger partial charge >= 0.3 is 0 Å². The molecule has 0 aliphatic heterocycles. The van der Waals surface area contributed by atoms with Gasteiger partial charge < -0.3 is 15.5 Å². The number of nitrogens with one attached hydrogen (secondary N) is 1. The van der Waals surface area contributed by atoms with Crippen LogP contribution in [0.1, 0.15) is 24.8 Å². The maximum Gasteiger partial charge on any atom is 0.115 e. The Hall–Kier alpha value is -0.580. The molecular formula is C12H16BrNO2. The summed E-state index contributed by atoms with van der Waals surface area (Å²) in [5.74, 6) is 0.270. The lowest BCUT2D eigenvalue weighted by atomic mass is 9.77. The van der Waals surface area contributed by atoms with Gasteiger partial charge in [-0.05, 0) is 43.0 Å². The zero-order valence-corrected chi connectivity index (χ0v) is 10.6. The Morgan fingerprint density at radius 1 is 1.38 bits per heavy atom. The SMILES string of the molecule is OCC1(NCc2cc(O)ccc2Br)CCC1. The first-order chi connectivity index (χ1) is 7.65. The molecule has 0 atom stereocenters. The first-order valence-corrected chi connectivity index (χ1v) is 6.28.